The predicted molar refractivity (Wildman–Crippen MR) is 106 cm³/mol. The first-order valence-corrected chi connectivity index (χ1v) is 9.16. The van der Waals surface area contributed by atoms with E-state index in [-0.39, 0.29) is 11.4 Å². The molecule has 7 heteroatoms. The smallest absolute Gasteiger partial charge is 0.324 e. The highest BCUT2D eigenvalue weighted by molar-refractivity contribution is 7.08. The van der Waals surface area contributed by atoms with Crippen LogP contribution in [0, 0.1) is 0 Å². The molecule has 0 saturated carbocycles. The molecular weight excluding hydrogens is 348 g/mol. The molecule has 3 rings (SSSR count). The number of anilines is 2. The zero-order valence-electron chi connectivity index (χ0n) is 15.2. The zero-order valence-corrected chi connectivity index (χ0v) is 16.1. The number of benzene rings is 1. The summed E-state index contributed by atoms with van der Waals surface area (Å²) in [7, 11) is 1.62. The van der Waals surface area contributed by atoms with Crippen LogP contribution in [0.3, 0.4) is 0 Å². The fraction of sp³-hybridized carbons (Fsp3) is 0.263. The monoisotopic (exact) mass is 370 g/mol. The lowest BCUT2D eigenvalue weighted by atomic mass is 9.92. The van der Waals surface area contributed by atoms with Crippen LogP contribution in [0.15, 0.2) is 47.2 Å². The highest BCUT2D eigenvalue weighted by atomic mass is 32.1. The summed E-state index contributed by atoms with van der Waals surface area (Å²) in [5.74, 6) is 1.32. The van der Waals surface area contributed by atoms with Crippen LogP contribution in [0.2, 0.25) is 0 Å². The van der Waals surface area contributed by atoms with Gasteiger partial charge < -0.3 is 10.1 Å². The van der Waals surface area contributed by atoms with E-state index in [0.717, 1.165) is 22.8 Å². The lowest BCUT2D eigenvalue weighted by molar-refractivity contribution is 0.262. The molecular formula is C19H22N4O2S. The van der Waals surface area contributed by atoms with Crippen molar-refractivity contribution in [3.05, 3.63) is 52.9 Å². The molecule has 0 aliphatic heterocycles. The Morgan fingerprint density at radius 1 is 1.19 bits per heavy atom. The first-order valence-electron chi connectivity index (χ1n) is 8.22. The molecule has 3 aromatic rings. The van der Waals surface area contributed by atoms with Gasteiger partial charge in [-0.2, -0.15) is 16.4 Å². The van der Waals surface area contributed by atoms with Gasteiger partial charge in [-0.1, -0.05) is 26.8 Å². The van der Waals surface area contributed by atoms with Gasteiger partial charge in [0.15, 0.2) is 0 Å². The minimum atomic E-state index is -0.312. The number of thiophene rings is 1. The molecule has 2 heterocycles. The number of nitrogens with one attached hydrogen (secondary N) is 2. The number of hydrogen-bond donors (Lipinski definition) is 2. The van der Waals surface area contributed by atoms with E-state index in [1.54, 1.807) is 11.8 Å². The van der Waals surface area contributed by atoms with Crippen LogP contribution in [-0.4, -0.2) is 22.9 Å². The van der Waals surface area contributed by atoms with E-state index in [1.165, 1.54) is 11.3 Å². The second kappa shape index (κ2) is 7.21. The number of urea groups is 1. The van der Waals surface area contributed by atoms with Gasteiger partial charge in [0.25, 0.3) is 0 Å². The SMILES string of the molecule is COc1cccc(-n2nc(C(C)(C)C)cc2NC(=O)Nc2ccsc2)c1. The second-order valence-corrected chi connectivity index (χ2v) is 7.65. The Balaban J connectivity index is 1.94. The zero-order chi connectivity index (χ0) is 18.7. The molecule has 0 aliphatic carbocycles. The Hall–Kier alpha value is -2.80. The summed E-state index contributed by atoms with van der Waals surface area (Å²) in [6.07, 6.45) is 0. The number of hydrogen-bond acceptors (Lipinski definition) is 4. The van der Waals surface area contributed by atoms with Crippen LogP contribution in [0.4, 0.5) is 16.3 Å². The van der Waals surface area contributed by atoms with Crippen molar-refractivity contribution in [1.29, 1.82) is 0 Å². The molecule has 1 aromatic carbocycles. The van der Waals surface area contributed by atoms with Crippen LogP contribution < -0.4 is 15.4 Å². The van der Waals surface area contributed by atoms with Crippen molar-refractivity contribution in [3.63, 3.8) is 0 Å². The van der Waals surface area contributed by atoms with Crippen LogP contribution in [0.25, 0.3) is 5.69 Å². The minimum absolute atomic E-state index is 0.148. The molecule has 0 spiro atoms. The number of methoxy groups -OCH3 is 1. The first-order chi connectivity index (χ1) is 12.4. The summed E-state index contributed by atoms with van der Waals surface area (Å²) in [6.45, 7) is 6.25. The Morgan fingerprint density at radius 2 is 2.00 bits per heavy atom. The predicted octanol–water partition coefficient (Wildman–Crippen LogP) is 4.88. The van der Waals surface area contributed by atoms with E-state index >= 15 is 0 Å². The fourth-order valence-corrected chi connectivity index (χ4v) is 2.98. The third kappa shape index (κ3) is 4.05. The average molecular weight is 370 g/mol. The number of nitrogens with zero attached hydrogens (tertiary/aromatic N) is 2. The van der Waals surface area contributed by atoms with Crippen LogP contribution in [-0.2, 0) is 5.41 Å². The maximum atomic E-state index is 12.4. The van der Waals surface area contributed by atoms with E-state index in [2.05, 4.69) is 31.4 Å². The number of carbonyl (C=O) groups is 1. The molecule has 0 radical (unpaired) electrons. The van der Waals surface area contributed by atoms with Crippen molar-refractivity contribution in [2.75, 3.05) is 17.7 Å². The van der Waals surface area contributed by atoms with Gasteiger partial charge in [-0.3, -0.25) is 5.32 Å². The van der Waals surface area contributed by atoms with Crippen molar-refractivity contribution in [2.45, 2.75) is 26.2 Å². The van der Waals surface area contributed by atoms with Crippen LogP contribution >= 0.6 is 11.3 Å². The Morgan fingerprint density at radius 3 is 2.65 bits per heavy atom. The summed E-state index contributed by atoms with van der Waals surface area (Å²) < 4.78 is 7.02. The molecule has 26 heavy (non-hydrogen) atoms. The van der Waals surface area contributed by atoms with Gasteiger partial charge in [-0.15, -0.1) is 0 Å². The van der Waals surface area contributed by atoms with Crippen molar-refractivity contribution < 1.29 is 9.53 Å². The molecule has 0 unspecified atom stereocenters. The minimum Gasteiger partial charge on any atom is -0.497 e. The Labute approximate surface area is 156 Å². The summed E-state index contributed by atoms with van der Waals surface area (Å²) in [6, 6.07) is 11.0. The van der Waals surface area contributed by atoms with E-state index < -0.39 is 0 Å². The standard InChI is InChI=1S/C19H22N4O2S/c1-19(2,3)16-11-17(21-18(24)20-13-8-9-26-12-13)23(22-16)14-6-5-7-15(10-14)25-4/h5-12H,1-4H3,(H2,20,21,24). The maximum Gasteiger partial charge on any atom is 0.324 e. The summed E-state index contributed by atoms with van der Waals surface area (Å²) >= 11 is 1.53. The lowest BCUT2D eigenvalue weighted by Crippen LogP contribution is -2.21. The van der Waals surface area contributed by atoms with Gasteiger partial charge in [0, 0.05) is 22.9 Å². The van der Waals surface area contributed by atoms with Crippen LogP contribution in [0.1, 0.15) is 26.5 Å². The topological polar surface area (TPSA) is 68.2 Å². The van der Waals surface area contributed by atoms with Crippen molar-refractivity contribution in [1.82, 2.24) is 9.78 Å². The quantitative estimate of drug-likeness (QED) is 0.687. The largest absolute Gasteiger partial charge is 0.497 e. The lowest BCUT2D eigenvalue weighted by Gasteiger charge is -2.14. The fourth-order valence-electron chi connectivity index (χ4n) is 2.39. The maximum absolute atomic E-state index is 12.4. The third-order valence-corrected chi connectivity index (χ3v) is 4.48. The van der Waals surface area contributed by atoms with E-state index in [4.69, 9.17) is 9.84 Å². The second-order valence-electron chi connectivity index (χ2n) is 6.87. The molecule has 0 saturated heterocycles. The van der Waals surface area contributed by atoms with Crippen molar-refractivity contribution in [3.8, 4) is 11.4 Å². The highest BCUT2D eigenvalue weighted by Gasteiger charge is 2.21. The molecule has 2 N–H and O–H groups in total. The summed E-state index contributed by atoms with van der Waals surface area (Å²) in [5.41, 5.74) is 2.30. The third-order valence-electron chi connectivity index (χ3n) is 3.80. The molecule has 136 valence electrons. The number of aromatic nitrogens is 2. The van der Waals surface area contributed by atoms with Gasteiger partial charge in [0.2, 0.25) is 0 Å². The summed E-state index contributed by atoms with van der Waals surface area (Å²) in [4.78, 5) is 12.4. The van der Waals surface area contributed by atoms with Gasteiger partial charge >= 0.3 is 6.03 Å². The number of amides is 2. The van der Waals surface area contributed by atoms with Gasteiger partial charge in [-0.05, 0) is 23.6 Å². The van der Waals surface area contributed by atoms with Gasteiger partial charge in [0.05, 0.1) is 24.2 Å². The summed E-state index contributed by atoms with van der Waals surface area (Å²) in [5, 5.41) is 14.2. The van der Waals surface area contributed by atoms with E-state index in [1.807, 2.05) is 47.2 Å². The molecule has 2 amide bonds. The Kier molecular flexibility index (Phi) is 4.99. The van der Waals surface area contributed by atoms with Crippen molar-refractivity contribution >= 4 is 28.9 Å². The molecule has 6 nitrogen and oxygen atoms in total. The Bertz CT molecular complexity index is 895. The molecule has 2 aromatic heterocycles. The van der Waals surface area contributed by atoms with Gasteiger partial charge in [0.1, 0.15) is 11.6 Å². The van der Waals surface area contributed by atoms with E-state index in [9.17, 15) is 4.79 Å². The average Bonchev–Trinajstić information content (AvgIpc) is 3.24. The normalized spacial score (nSPS) is 11.2. The number of rotatable bonds is 4. The van der Waals surface area contributed by atoms with Gasteiger partial charge in [-0.25, -0.2) is 9.48 Å². The highest BCUT2D eigenvalue weighted by Crippen LogP contribution is 2.27. The molecule has 0 bridgehead atoms. The van der Waals surface area contributed by atoms with Crippen molar-refractivity contribution in [2.24, 2.45) is 0 Å². The molecule has 0 fully saturated rings. The molecule has 0 aliphatic rings. The van der Waals surface area contributed by atoms with E-state index in [0.29, 0.717) is 5.82 Å². The first kappa shape index (κ1) is 18.0. The number of carbonyl (C=O) groups excluding carboxylic acids is 1. The van der Waals surface area contributed by atoms with Crippen LogP contribution in [0.5, 0.6) is 5.75 Å². The number of ether oxygens (including phenoxy) is 1. The molecule has 0 atom stereocenters.